The lowest BCUT2D eigenvalue weighted by molar-refractivity contribution is -0.139. The van der Waals surface area contributed by atoms with Gasteiger partial charge < -0.3 is 20.3 Å². The second-order valence-electron chi connectivity index (χ2n) is 9.88. The zero-order valence-electron chi connectivity index (χ0n) is 21.3. The maximum absolute atomic E-state index is 13.2. The molecule has 0 aliphatic carbocycles. The maximum Gasteiger partial charge on any atom is 0.338 e. The predicted octanol–water partition coefficient (Wildman–Crippen LogP) is 3.33. The summed E-state index contributed by atoms with van der Waals surface area (Å²) in [4.78, 5) is 44.6. The van der Waals surface area contributed by atoms with Crippen LogP contribution in [0.2, 0.25) is 0 Å². The zero-order chi connectivity index (χ0) is 25.8. The molecule has 3 rings (SSSR count). The van der Waals surface area contributed by atoms with Crippen LogP contribution in [0.15, 0.2) is 40.8 Å². The molecule has 2 aliphatic heterocycles. The molecule has 1 aromatic heterocycles. The van der Waals surface area contributed by atoms with E-state index in [-0.39, 0.29) is 36.8 Å². The molecule has 2 atom stereocenters. The molecule has 1 saturated heterocycles. The minimum absolute atomic E-state index is 0.0318. The number of hydrogen-bond donors (Lipinski definition) is 2. The molecule has 0 spiro atoms. The lowest BCUT2D eigenvalue weighted by atomic mass is 9.95. The first-order chi connectivity index (χ1) is 16.6. The molecule has 1 aromatic rings. The molecule has 0 saturated carbocycles. The van der Waals surface area contributed by atoms with Crippen LogP contribution in [0.25, 0.3) is 0 Å². The van der Waals surface area contributed by atoms with Gasteiger partial charge in [0.25, 0.3) is 0 Å². The third kappa shape index (κ3) is 6.43. The van der Waals surface area contributed by atoms with E-state index in [1.54, 1.807) is 17.9 Å². The number of piperazine rings is 1. The van der Waals surface area contributed by atoms with E-state index in [0.29, 0.717) is 37.4 Å². The van der Waals surface area contributed by atoms with Gasteiger partial charge >= 0.3 is 18.0 Å². The highest BCUT2D eigenvalue weighted by Crippen LogP contribution is 2.33. The number of rotatable bonds is 7. The standard InChI is InChI=1S/C25H37N5O4S/c1-7-10-30-19(15-28-11-12-29(17(3)14-28)24(33)27-25(4,5)6)20(22(31)34-8-2)21(26-23(30)32)18-9-13-35-16-18/h7,9,13,16-17,21H,1,8,10-12,14-15H2,2-6H3,(H,26,32)(H,27,33)/t17-,21+/m1/s1. The topological polar surface area (TPSA) is 94.2 Å². The number of carbonyl (C=O) groups excluding carboxylic acids is 3. The molecule has 0 bridgehead atoms. The first-order valence-electron chi connectivity index (χ1n) is 12.0. The number of nitrogens with one attached hydrogen (secondary N) is 2. The minimum atomic E-state index is -0.583. The first-order valence-corrected chi connectivity index (χ1v) is 12.9. The van der Waals surface area contributed by atoms with Gasteiger partial charge in [0.05, 0.1) is 18.2 Å². The number of thiophene rings is 1. The molecule has 2 aliphatic rings. The molecular weight excluding hydrogens is 466 g/mol. The van der Waals surface area contributed by atoms with Gasteiger partial charge in [-0.1, -0.05) is 6.08 Å². The summed E-state index contributed by atoms with van der Waals surface area (Å²) < 4.78 is 5.43. The fourth-order valence-corrected chi connectivity index (χ4v) is 5.10. The maximum atomic E-state index is 13.2. The van der Waals surface area contributed by atoms with Gasteiger partial charge in [0.2, 0.25) is 0 Å². The summed E-state index contributed by atoms with van der Waals surface area (Å²) in [5.41, 5.74) is 1.58. The Morgan fingerprint density at radius 1 is 1.34 bits per heavy atom. The van der Waals surface area contributed by atoms with Gasteiger partial charge in [-0.05, 0) is 57.0 Å². The Kier molecular flexibility index (Phi) is 8.60. The minimum Gasteiger partial charge on any atom is -0.463 e. The molecular formula is C25H37N5O4S. The average Bonchev–Trinajstić information content (AvgIpc) is 3.29. The average molecular weight is 504 g/mol. The van der Waals surface area contributed by atoms with Crippen molar-refractivity contribution in [1.82, 2.24) is 25.3 Å². The van der Waals surface area contributed by atoms with E-state index in [9.17, 15) is 14.4 Å². The van der Waals surface area contributed by atoms with Gasteiger partial charge in [0.1, 0.15) is 0 Å². The zero-order valence-corrected chi connectivity index (χ0v) is 22.1. The van der Waals surface area contributed by atoms with Crippen LogP contribution in [-0.4, -0.2) is 83.6 Å². The molecule has 1 fully saturated rings. The highest BCUT2D eigenvalue weighted by Gasteiger charge is 2.39. The Balaban J connectivity index is 1.91. The van der Waals surface area contributed by atoms with Crippen molar-refractivity contribution < 1.29 is 19.1 Å². The summed E-state index contributed by atoms with van der Waals surface area (Å²) in [6.45, 7) is 16.1. The summed E-state index contributed by atoms with van der Waals surface area (Å²) in [6, 6.07) is 0.930. The number of nitrogens with zero attached hydrogens (tertiary/aromatic N) is 3. The first kappa shape index (κ1) is 26.7. The number of esters is 1. The number of urea groups is 2. The largest absolute Gasteiger partial charge is 0.463 e. The van der Waals surface area contributed by atoms with E-state index in [1.807, 2.05) is 49.4 Å². The van der Waals surface area contributed by atoms with Crippen LogP contribution in [0, 0.1) is 0 Å². The van der Waals surface area contributed by atoms with Crippen molar-refractivity contribution in [1.29, 1.82) is 0 Å². The van der Waals surface area contributed by atoms with Crippen LogP contribution in [-0.2, 0) is 9.53 Å². The van der Waals surface area contributed by atoms with Crippen molar-refractivity contribution in [2.45, 2.75) is 52.2 Å². The van der Waals surface area contributed by atoms with Crippen molar-refractivity contribution in [2.24, 2.45) is 0 Å². The van der Waals surface area contributed by atoms with Gasteiger partial charge in [-0.15, -0.1) is 6.58 Å². The normalized spacial score (nSPS) is 21.6. The molecule has 10 heteroatoms. The fraction of sp³-hybridized carbons (Fsp3) is 0.560. The Morgan fingerprint density at radius 2 is 2.09 bits per heavy atom. The van der Waals surface area contributed by atoms with Crippen LogP contribution in [0.4, 0.5) is 9.59 Å². The summed E-state index contributed by atoms with van der Waals surface area (Å²) in [5, 5.41) is 9.85. The molecule has 0 aromatic carbocycles. The SMILES string of the molecule is C=CCN1C(=O)N[C@@H](c2ccsc2)C(C(=O)OCC)=C1CN1CCN(C(=O)NC(C)(C)C)[C@H](C)C1. The van der Waals surface area contributed by atoms with Crippen molar-refractivity contribution in [2.75, 3.05) is 39.3 Å². The molecule has 9 nitrogen and oxygen atoms in total. The van der Waals surface area contributed by atoms with E-state index < -0.39 is 12.0 Å². The van der Waals surface area contributed by atoms with E-state index in [1.165, 1.54) is 11.3 Å². The monoisotopic (exact) mass is 503 g/mol. The summed E-state index contributed by atoms with van der Waals surface area (Å²) >= 11 is 1.51. The van der Waals surface area contributed by atoms with Crippen LogP contribution in [0.1, 0.15) is 46.2 Å². The quantitative estimate of drug-likeness (QED) is 0.440. The number of carbonyl (C=O) groups is 3. The Hall–Kier alpha value is -2.85. The molecule has 0 unspecified atom stereocenters. The van der Waals surface area contributed by atoms with E-state index >= 15 is 0 Å². The number of amides is 4. The molecule has 4 amide bonds. The van der Waals surface area contributed by atoms with E-state index in [4.69, 9.17) is 4.74 Å². The molecule has 35 heavy (non-hydrogen) atoms. The van der Waals surface area contributed by atoms with Gasteiger partial charge in [0, 0.05) is 50.0 Å². The van der Waals surface area contributed by atoms with Crippen molar-refractivity contribution in [3.8, 4) is 0 Å². The van der Waals surface area contributed by atoms with Gasteiger partial charge in [0.15, 0.2) is 0 Å². The molecule has 3 heterocycles. The van der Waals surface area contributed by atoms with Crippen LogP contribution < -0.4 is 10.6 Å². The third-order valence-electron chi connectivity index (χ3n) is 5.95. The van der Waals surface area contributed by atoms with Crippen LogP contribution in [0.3, 0.4) is 0 Å². The van der Waals surface area contributed by atoms with Gasteiger partial charge in [-0.3, -0.25) is 9.80 Å². The molecule has 2 N–H and O–H groups in total. The highest BCUT2D eigenvalue weighted by molar-refractivity contribution is 7.08. The molecule has 192 valence electrons. The summed E-state index contributed by atoms with van der Waals surface area (Å²) in [6.07, 6.45) is 1.64. The Morgan fingerprint density at radius 3 is 2.66 bits per heavy atom. The van der Waals surface area contributed by atoms with Crippen molar-refractivity contribution >= 4 is 29.4 Å². The second kappa shape index (κ2) is 11.3. The van der Waals surface area contributed by atoms with E-state index in [0.717, 1.165) is 5.56 Å². The second-order valence-corrected chi connectivity index (χ2v) is 10.7. The Bertz CT molecular complexity index is 969. The fourth-order valence-electron chi connectivity index (χ4n) is 4.42. The van der Waals surface area contributed by atoms with Crippen molar-refractivity contribution in [3.05, 3.63) is 46.3 Å². The Labute approximate surface area is 211 Å². The number of hydrogen-bond acceptors (Lipinski definition) is 6. The lowest BCUT2D eigenvalue weighted by Gasteiger charge is -2.43. The van der Waals surface area contributed by atoms with Crippen molar-refractivity contribution in [3.63, 3.8) is 0 Å². The smallest absolute Gasteiger partial charge is 0.338 e. The van der Waals surface area contributed by atoms with E-state index in [2.05, 4.69) is 22.1 Å². The lowest BCUT2D eigenvalue weighted by Crippen LogP contribution is -2.59. The predicted molar refractivity (Wildman–Crippen MR) is 137 cm³/mol. The highest BCUT2D eigenvalue weighted by atomic mass is 32.1. The summed E-state index contributed by atoms with van der Waals surface area (Å²) in [7, 11) is 0. The van der Waals surface area contributed by atoms with Crippen LogP contribution >= 0.6 is 11.3 Å². The van der Waals surface area contributed by atoms with Crippen LogP contribution in [0.5, 0.6) is 0 Å². The summed E-state index contributed by atoms with van der Waals surface area (Å²) in [5.74, 6) is -0.441. The number of ether oxygens (including phenoxy) is 1. The van der Waals surface area contributed by atoms with Gasteiger partial charge in [-0.25, -0.2) is 14.4 Å². The third-order valence-corrected chi connectivity index (χ3v) is 6.65. The molecule has 0 radical (unpaired) electrons. The van der Waals surface area contributed by atoms with Gasteiger partial charge in [-0.2, -0.15) is 11.3 Å².